The molecule has 2 aromatic rings. The van der Waals surface area contributed by atoms with Crippen LogP contribution >= 0.6 is 0 Å². The molecule has 122 valence electrons. The Morgan fingerprint density at radius 3 is 2.21 bits per heavy atom. The number of carbonyl (C=O) groups excluding carboxylic acids is 1. The molecule has 1 heterocycles. The van der Waals surface area contributed by atoms with Gasteiger partial charge < -0.3 is 11.1 Å². The van der Waals surface area contributed by atoms with E-state index in [1.54, 1.807) is 0 Å². The topological polar surface area (TPSA) is 78.6 Å². The second kappa shape index (κ2) is 7.18. The lowest BCUT2D eigenvalue weighted by Gasteiger charge is -2.11. The number of benzene rings is 2. The zero-order valence-corrected chi connectivity index (χ0v) is 13.2. The molecule has 3 rings (SSSR count). The molecule has 1 atom stereocenters. The summed E-state index contributed by atoms with van der Waals surface area (Å²) in [7, 11) is 0. The van der Waals surface area contributed by atoms with E-state index in [0.717, 1.165) is 27.4 Å². The molecular weight excluding hydrogens is 302 g/mol. The van der Waals surface area contributed by atoms with Crippen LogP contribution in [0.25, 0.3) is 0 Å². The van der Waals surface area contributed by atoms with Crippen molar-refractivity contribution >= 4 is 11.6 Å². The highest BCUT2D eigenvalue weighted by atomic mass is 16.5. The van der Waals surface area contributed by atoms with E-state index in [4.69, 9.17) is 5.73 Å². The number of hydrogen-bond donors (Lipinski definition) is 3. The molecule has 1 saturated heterocycles. The quantitative estimate of drug-likeness (QED) is 0.457. The van der Waals surface area contributed by atoms with Crippen LogP contribution in [0.4, 0.5) is 5.69 Å². The first-order valence-corrected chi connectivity index (χ1v) is 7.82. The lowest BCUT2D eigenvalue weighted by atomic mass is 10.1. The molecule has 4 N–H and O–H groups in total. The molecule has 1 unspecified atom stereocenters. The Bertz CT molecular complexity index is 773. The van der Waals surface area contributed by atoms with Gasteiger partial charge in [0.1, 0.15) is 0 Å². The highest BCUT2D eigenvalue weighted by Gasteiger charge is 2.29. The van der Waals surface area contributed by atoms with Gasteiger partial charge in [0, 0.05) is 23.4 Å². The fourth-order valence-corrected chi connectivity index (χ4v) is 2.51. The highest BCUT2D eigenvalue weighted by Crippen LogP contribution is 2.10. The van der Waals surface area contributed by atoms with Gasteiger partial charge in [-0.05, 0) is 48.4 Å². The van der Waals surface area contributed by atoms with Crippen LogP contribution in [0.15, 0.2) is 48.5 Å². The van der Waals surface area contributed by atoms with Gasteiger partial charge in [-0.25, -0.2) is 5.06 Å². The minimum atomic E-state index is -0.306. The fourth-order valence-electron chi connectivity index (χ4n) is 2.51. The maximum absolute atomic E-state index is 11.6. The van der Waals surface area contributed by atoms with Crippen molar-refractivity contribution in [2.24, 2.45) is 0 Å². The minimum absolute atomic E-state index is 0.263. The summed E-state index contributed by atoms with van der Waals surface area (Å²) in [5, 5.41) is 13.2. The van der Waals surface area contributed by atoms with Crippen molar-refractivity contribution in [3.8, 4) is 11.8 Å². The average molecular weight is 321 g/mol. The molecular formula is C19H19N3O2. The number of hydroxylamine groups is 2. The van der Waals surface area contributed by atoms with Gasteiger partial charge in [0.05, 0.1) is 12.6 Å². The maximum Gasteiger partial charge on any atom is 0.263 e. The number of nitrogens with zero attached hydrogens (tertiary/aromatic N) is 1. The summed E-state index contributed by atoms with van der Waals surface area (Å²) in [4.78, 5) is 11.6. The highest BCUT2D eigenvalue weighted by molar-refractivity contribution is 5.82. The van der Waals surface area contributed by atoms with Crippen LogP contribution in [0.2, 0.25) is 0 Å². The summed E-state index contributed by atoms with van der Waals surface area (Å²) >= 11 is 0. The van der Waals surface area contributed by atoms with E-state index in [9.17, 15) is 10.0 Å². The van der Waals surface area contributed by atoms with Gasteiger partial charge in [0.15, 0.2) is 0 Å². The summed E-state index contributed by atoms with van der Waals surface area (Å²) in [6.07, 6.45) is 0.625. The number of nitrogens with one attached hydrogen (secondary N) is 1. The van der Waals surface area contributed by atoms with Crippen LogP contribution < -0.4 is 11.1 Å². The third kappa shape index (κ3) is 3.93. The first-order valence-electron chi connectivity index (χ1n) is 7.82. The first kappa shape index (κ1) is 16.1. The van der Waals surface area contributed by atoms with E-state index in [2.05, 4.69) is 17.2 Å². The maximum atomic E-state index is 11.6. The number of amides is 1. The summed E-state index contributed by atoms with van der Waals surface area (Å²) in [6.45, 7) is 0.964. The molecule has 1 amide bonds. The minimum Gasteiger partial charge on any atom is -0.399 e. The average Bonchev–Trinajstić information content (AvgIpc) is 2.92. The smallest absolute Gasteiger partial charge is 0.263 e. The lowest BCUT2D eigenvalue weighted by Crippen LogP contribution is -2.36. The number of anilines is 1. The third-order valence-electron chi connectivity index (χ3n) is 3.95. The van der Waals surface area contributed by atoms with E-state index in [1.807, 2.05) is 48.5 Å². The largest absolute Gasteiger partial charge is 0.399 e. The zero-order chi connectivity index (χ0) is 16.9. The molecule has 5 nitrogen and oxygen atoms in total. The van der Waals surface area contributed by atoms with E-state index in [1.165, 1.54) is 0 Å². The fraction of sp³-hybridized carbons (Fsp3) is 0.211. The molecule has 1 fully saturated rings. The Morgan fingerprint density at radius 2 is 1.67 bits per heavy atom. The monoisotopic (exact) mass is 321 g/mol. The predicted molar refractivity (Wildman–Crippen MR) is 92.0 cm³/mol. The molecule has 1 aliphatic rings. The molecule has 0 spiro atoms. The standard InChI is InChI=1S/C19H19N3O2/c20-17-9-7-15(8-10-17)2-1-14-3-5-16(6-4-14)13-21-18-11-12-22(24)19(18)23/h3-10,18,21,24H,11-13,20H2. The Labute approximate surface area is 141 Å². The van der Waals surface area contributed by atoms with Gasteiger partial charge in [0.25, 0.3) is 5.91 Å². The lowest BCUT2D eigenvalue weighted by molar-refractivity contribution is -0.158. The van der Waals surface area contributed by atoms with Crippen molar-refractivity contribution in [3.05, 3.63) is 65.2 Å². The van der Waals surface area contributed by atoms with Crippen molar-refractivity contribution in [1.82, 2.24) is 10.4 Å². The van der Waals surface area contributed by atoms with Gasteiger partial charge in [0.2, 0.25) is 0 Å². The molecule has 5 heteroatoms. The first-order chi connectivity index (χ1) is 11.6. The van der Waals surface area contributed by atoms with Gasteiger partial charge in [-0.1, -0.05) is 24.0 Å². The van der Waals surface area contributed by atoms with Gasteiger partial charge in [-0.3, -0.25) is 10.0 Å². The van der Waals surface area contributed by atoms with Crippen LogP contribution in [0, 0.1) is 11.8 Å². The van der Waals surface area contributed by atoms with E-state index in [-0.39, 0.29) is 11.9 Å². The molecule has 0 bridgehead atoms. The summed E-state index contributed by atoms with van der Waals surface area (Å²) < 4.78 is 0. The number of hydrogen-bond acceptors (Lipinski definition) is 4. The number of carbonyl (C=O) groups is 1. The van der Waals surface area contributed by atoms with Crippen molar-refractivity contribution in [2.45, 2.75) is 19.0 Å². The SMILES string of the molecule is Nc1ccc(C#Cc2ccc(CNC3CCN(O)C3=O)cc2)cc1. The van der Waals surface area contributed by atoms with Crippen molar-refractivity contribution in [3.63, 3.8) is 0 Å². The van der Waals surface area contributed by atoms with Crippen molar-refractivity contribution < 1.29 is 10.0 Å². The van der Waals surface area contributed by atoms with E-state index in [0.29, 0.717) is 19.5 Å². The van der Waals surface area contributed by atoms with Gasteiger partial charge in [-0.2, -0.15) is 0 Å². The second-order valence-corrected chi connectivity index (χ2v) is 5.75. The summed E-state index contributed by atoms with van der Waals surface area (Å²) in [6, 6.07) is 15.0. The zero-order valence-electron chi connectivity index (χ0n) is 13.2. The van der Waals surface area contributed by atoms with E-state index < -0.39 is 0 Å². The second-order valence-electron chi connectivity index (χ2n) is 5.75. The van der Waals surface area contributed by atoms with Crippen LogP contribution in [0.5, 0.6) is 0 Å². The molecule has 2 aromatic carbocycles. The normalized spacial score (nSPS) is 16.8. The van der Waals surface area contributed by atoms with Gasteiger partial charge in [-0.15, -0.1) is 0 Å². The molecule has 0 aliphatic carbocycles. The molecule has 1 aliphatic heterocycles. The number of nitrogen functional groups attached to an aromatic ring is 1. The Hall–Kier alpha value is -2.81. The number of rotatable bonds is 3. The molecule has 0 saturated carbocycles. The Balaban J connectivity index is 1.58. The Kier molecular flexibility index (Phi) is 4.80. The van der Waals surface area contributed by atoms with Crippen LogP contribution in [-0.4, -0.2) is 28.8 Å². The predicted octanol–water partition coefficient (Wildman–Crippen LogP) is 1.75. The Morgan fingerprint density at radius 1 is 1.08 bits per heavy atom. The number of nitrogens with two attached hydrogens (primary N) is 1. The van der Waals surface area contributed by atoms with Crippen molar-refractivity contribution in [2.75, 3.05) is 12.3 Å². The molecule has 24 heavy (non-hydrogen) atoms. The third-order valence-corrected chi connectivity index (χ3v) is 3.95. The van der Waals surface area contributed by atoms with Gasteiger partial charge >= 0.3 is 0 Å². The summed E-state index contributed by atoms with van der Waals surface area (Å²) in [5.74, 6) is 5.95. The van der Waals surface area contributed by atoms with Crippen LogP contribution in [-0.2, 0) is 11.3 Å². The molecule has 0 aromatic heterocycles. The van der Waals surface area contributed by atoms with Crippen LogP contribution in [0.3, 0.4) is 0 Å². The van der Waals surface area contributed by atoms with Crippen LogP contribution in [0.1, 0.15) is 23.1 Å². The summed E-state index contributed by atoms with van der Waals surface area (Å²) in [5.41, 5.74) is 9.28. The van der Waals surface area contributed by atoms with Crippen molar-refractivity contribution in [1.29, 1.82) is 0 Å². The van der Waals surface area contributed by atoms with E-state index >= 15 is 0 Å². The molecule has 0 radical (unpaired) electrons.